The van der Waals surface area contributed by atoms with Crippen LogP contribution in [0.25, 0.3) is 11.2 Å². The smallest absolute Gasteiger partial charge is 0.222 e. The average molecular weight is 408 g/mol. The number of amides is 1. The Morgan fingerprint density at radius 3 is 2.60 bits per heavy atom. The van der Waals surface area contributed by atoms with Gasteiger partial charge in [-0.15, -0.1) is 0 Å². The van der Waals surface area contributed by atoms with Gasteiger partial charge in [0.15, 0.2) is 17.0 Å². The molecule has 2 saturated heterocycles. The summed E-state index contributed by atoms with van der Waals surface area (Å²) in [4.78, 5) is 30.3. The van der Waals surface area contributed by atoms with E-state index in [-0.39, 0.29) is 11.7 Å². The molecular formula is C22H25FN6O. The Hall–Kier alpha value is -3.03. The summed E-state index contributed by atoms with van der Waals surface area (Å²) >= 11 is 0. The lowest BCUT2D eigenvalue weighted by molar-refractivity contribution is -0.130. The first-order valence-corrected chi connectivity index (χ1v) is 10.6. The highest BCUT2D eigenvalue weighted by molar-refractivity contribution is 5.83. The molecule has 0 saturated carbocycles. The van der Waals surface area contributed by atoms with Crippen molar-refractivity contribution in [1.82, 2.24) is 24.4 Å². The first-order chi connectivity index (χ1) is 14.6. The van der Waals surface area contributed by atoms with E-state index in [1.807, 2.05) is 21.9 Å². The number of aryl methyl sites for hydroxylation is 2. The fourth-order valence-corrected chi connectivity index (χ4v) is 4.80. The number of fused-ring (bicyclic) bond motifs is 2. The summed E-state index contributed by atoms with van der Waals surface area (Å²) in [5, 5.41) is 0. The van der Waals surface area contributed by atoms with Crippen LogP contribution in [0.2, 0.25) is 0 Å². The predicted octanol–water partition coefficient (Wildman–Crippen LogP) is 2.51. The third-order valence-electron chi connectivity index (χ3n) is 6.43. The van der Waals surface area contributed by atoms with E-state index in [9.17, 15) is 9.18 Å². The zero-order valence-corrected chi connectivity index (χ0v) is 17.0. The molecule has 30 heavy (non-hydrogen) atoms. The Morgan fingerprint density at radius 2 is 1.87 bits per heavy atom. The molecule has 0 spiro atoms. The van der Waals surface area contributed by atoms with Crippen LogP contribution in [0.1, 0.15) is 18.9 Å². The van der Waals surface area contributed by atoms with E-state index in [0.29, 0.717) is 30.2 Å². The molecule has 2 aliphatic rings. The van der Waals surface area contributed by atoms with Gasteiger partial charge in [-0.25, -0.2) is 19.3 Å². The number of rotatable bonds is 5. The second-order valence-corrected chi connectivity index (χ2v) is 8.22. The maximum absolute atomic E-state index is 13.8. The van der Waals surface area contributed by atoms with E-state index in [0.717, 1.165) is 49.7 Å². The average Bonchev–Trinajstić information content (AvgIpc) is 3.45. The number of anilines is 1. The minimum absolute atomic E-state index is 0.116. The number of nitrogens with zero attached hydrogens (tertiary/aromatic N) is 6. The Morgan fingerprint density at radius 1 is 1.10 bits per heavy atom. The summed E-state index contributed by atoms with van der Waals surface area (Å²) in [7, 11) is 0. The van der Waals surface area contributed by atoms with Crippen molar-refractivity contribution in [3.05, 3.63) is 48.3 Å². The molecule has 0 radical (unpaired) electrons. The van der Waals surface area contributed by atoms with Crippen LogP contribution in [0.5, 0.6) is 0 Å². The lowest BCUT2D eigenvalue weighted by atomic mass is 10.0. The summed E-state index contributed by atoms with van der Waals surface area (Å²) in [6, 6.07) is 6.68. The number of aromatic nitrogens is 4. The SMILES string of the molecule is CCn1cnc2c(N3CC4CN(C(=O)CCc5ccccc5F)CC4C3)ncnc21. The second kappa shape index (κ2) is 7.66. The van der Waals surface area contributed by atoms with Crippen molar-refractivity contribution in [1.29, 1.82) is 0 Å². The number of carbonyl (C=O) groups excluding carboxylic acids is 1. The number of imidazole rings is 1. The molecule has 2 fully saturated rings. The Balaban J connectivity index is 1.22. The summed E-state index contributed by atoms with van der Waals surface area (Å²) in [6.45, 7) is 6.15. The monoisotopic (exact) mass is 408 g/mol. The Kier molecular flexibility index (Phi) is 4.84. The standard InChI is InChI=1S/C22H25FN6O/c1-2-27-14-26-20-21(27)24-13-25-22(20)29-11-16-9-28(10-17(16)12-29)19(30)8-7-15-5-3-4-6-18(15)23/h3-6,13-14,16-17H,2,7-12H2,1H3. The van der Waals surface area contributed by atoms with Crippen molar-refractivity contribution in [3.8, 4) is 0 Å². The van der Waals surface area contributed by atoms with Gasteiger partial charge in [0, 0.05) is 51.0 Å². The van der Waals surface area contributed by atoms with Crippen molar-refractivity contribution in [2.75, 3.05) is 31.1 Å². The third-order valence-corrected chi connectivity index (χ3v) is 6.43. The van der Waals surface area contributed by atoms with Crippen LogP contribution in [0, 0.1) is 17.7 Å². The summed E-state index contributed by atoms with van der Waals surface area (Å²) < 4.78 is 15.8. The number of hydrogen-bond donors (Lipinski definition) is 0. The molecule has 0 bridgehead atoms. The molecule has 2 unspecified atom stereocenters. The van der Waals surface area contributed by atoms with E-state index in [2.05, 4.69) is 26.8 Å². The highest BCUT2D eigenvalue weighted by atomic mass is 19.1. The molecule has 0 aliphatic carbocycles. The molecular weight excluding hydrogens is 383 g/mol. The topological polar surface area (TPSA) is 67.2 Å². The van der Waals surface area contributed by atoms with Crippen LogP contribution in [-0.2, 0) is 17.8 Å². The van der Waals surface area contributed by atoms with E-state index < -0.39 is 0 Å². The van der Waals surface area contributed by atoms with E-state index >= 15 is 0 Å². The number of benzene rings is 1. The van der Waals surface area contributed by atoms with Gasteiger partial charge in [-0.05, 0) is 25.0 Å². The van der Waals surface area contributed by atoms with Crippen molar-refractivity contribution in [2.45, 2.75) is 26.3 Å². The fraction of sp³-hybridized carbons (Fsp3) is 0.455. The molecule has 3 aromatic rings. The lowest BCUT2D eigenvalue weighted by Crippen LogP contribution is -2.33. The first-order valence-electron chi connectivity index (χ1n) is 10.6. The van der Waals surface area contributed by atoms with Crippen LogP contribution >= 0.6 is 0 Å². The molecule has 156 valence electrons. The molecule has 1 aromatic carbocycles. The Bertz CT molecular complexity index is 1070. The molecule has 2 aromatic heterocycles. The van der Waals surface area contributed by atoms with Crippen molar-refractivity contribution < 1.29 is 9.18 Å². The largest absolute Gasteiger partial charge is 0.354 e. The Labute approximate surface area is 174 Å². The van der Waals surface area contributed by atoms with Gasteiger partial charge in [-0.2, -0.15) is 0 Å². The third kappa shape index (κ3) is 3.30. The molecule has 7 nitrogen and oxygen atoms in total. The van der Waals surface area contributed by atoms with Crippen molar-refractivity contribution >= 4 is 22.9 Å². The van der Waals surface area contributed by atoms with Crippen LogP contribution < -0.4 is 4.90 Å². The molecule has 0 N–H and O–H groups in total. The maximum atomic E-state index is 13.8. The molecule has 5 rings (SSSR count). The first kappa shape index (κ1) is 19.0. The highest BCUT2D eigenvalue weighted by Gasteiger charge is 2.42. The van der Waals surface area contributed by atoms with Gasteiger partial charge < -0.3 is 14.4 Å². The van der Waals surface area contributed by atoms with Gasteiger partial charge in [-0.1, -0.05) is 18.2 Å². The van der Waals surface area contributed by atoms with Crippen molar-refractivity contribution in [2.24, 2.45) is 11.8 Å². The summed E-state index contributed by atoms with van der Waals surface area (Å²) in [6.07, 6.45) is 4.22. The zero-order valence-electron chi connectivity index (χ0n) is 17.0. The van der Waals surface area contributed by atoms with E-state index in [1.165, 1.54) is 6.07 Å². The van der Waals surface area contributed by atoms with Gasteiger partial charge >= 0.3 is 0 Å². The number of carbonyl (C=O) groups is 1. The van der Waals surface area contributed by atoms with E-state index in [4.69, 9.17) is 0 Å². The normalized spacial score (nSPS) is 20.9. The maximum Gasteiger partial charge on any atom is 0.222 e. The summed E-state index contributed by atoms with van der Waals surface area (Å²) in [5.74, 6) is 1.63. The molecule has 8 heteroatoms. The minimum atomic E-state index is -0.235. The van der Waals surface area contributed by atoms with Crippen LogP contribution in [0.3, 0.4) is 0 Å². The number of hydrogen-bond acceptors (Lipinski definition) is 5. The van der Waals surface area contributed by atoms with E-state index in [1.54, 1.807) is 18.5 Å². The number of halogens is 1. The molecule has 2 atom stereocenters. The fourth-order valence-electron chi connectivity index (χ4n) is 4.80. The summed E-state index contributed by atoms with van der Waals surface area (Å²) in [5.41, 5.74) is 2.32. The van der Waals surface area contributed by atoms with Gasteiger partial charge in [0.05, 0.1) is 6.33 Å². The van der Waals surface area contributed by atoms with Crippen molar-refractivity contribution in [3.63, 3.8) is 0 Å². The van der Waals surface area contributed by atoms with Gasteiger partial charge in [-0.3, -0.25) is 4.79 Å². The second-order valence-electron chi connectivity index (χ2n) is 8.22. The quantitative estimate of drug-likeness (QED) is 0.649. The van der Waals surface area contributed by atoms with Gasteiger partial charge in [0.1, 0.15) is 12.1 Å². The zero-order chi connectivity index (χ0) is 20.7. The van der Waals surface area contributed by atoms with Crippen LogP contribution in [0.4, 0.5) is 10.2 Å². The lowest BCUT2D eigenvalue weighted by Gasteiger charge is -2.22. The van der Waals surface area contributed by atoms with Gasteiger partial charge in [0.25, 0.3) is 0 Å². The predicted molar refractivity (Wildman–Crippen MR) is 111 cm³/mol. The molecule has 4 heterocycles. The minimum Gasteiger partial charge on any atom is -0.354 e. The van der Waals surface area contributed by atoms with Gasteiger partial charge in [0.2, 0.25) is 5.91 Å². The molecule has 2 aliphatic heterocycles. The van der Waals surface area contributed by atoms with Crippen LogP contribution in [-0.4, -0.2) is 56.5 Å². The van der Waals surface area contributed by atoms with Crippen LogP contribution in [0.15, 0.2) is 36.9 Å². The highest BCUT2D eigenvalue weighted by Crippen LogP contribution is 2.35. The number of likely N-dealkylation sites (tertiary alicyclic amines) is 1. The molecule has 1 amide bonds.